The van der Waals surface area contributed by atoms with Crippen LogP contribution in [-0.4, -0.2) is 5.91 Å². The van der Waals surface area contributed by atoms with Crippen molar-refractivity contribution in [1.29, 1.82) is 0 Å². The van der Waals surface area contributed by atoms with E-state index >= 15 is 0 Å². The van der Waals surface area contributed by atoms with E-state index in [1.54, 1.807) is 24.3 Å². The van der Waals surface area contributed by atoms with E-state index in [1.165, 1.54) is 12.1 Å². The standard InChI is InChI=1S/C14H9BrCl2FNO/c15-9-2-4-13(12(18)6-9)19-14(20)5-8-1-3-10(16)7-11(8)17/h1-4,6-7H,5H2,(H,19,20). The molecule has 2 aromatic carbocycles. The Balaban J connectivity index is 2.09. The smallest absolute Gasteiger partial charge is 0.228 e. The molecule has 0 fully saturated rings. The third kappa shape index (κ3) is 3.95. The Kier molecular flexibility index (Phi) is 5.02. The Hall–Kier alpha value is -1.10. The predicted octanol–water partition coefficient (Wildman–Crippen LogP) is 5.08. The fraction of sp³-hybridized carbons (Fsp3) is 0.0714. The van der Waals surface area contributed by atoms with Gasteiger partial charge in [0.25, 0.3) is 0 Å². The molecule has 0 aliphatic rings. The van der Waals surface area contributed by atoms with E-state index in [1.807, 2.05) is 0 Å². The van der Waals surface area contributed by atoms with E-state index < -0.39 is 5.82 Å². The minimum Gasteiger partial charge on any atom is -0.323 e. The lowest BCUT2D eigenvalue weighted by Gasteiger charge is -2.08. The van der Waals surface area contributed by atoms with Gasteiger partial charge in [-0.05, 0) is 35.9 Å². The second-order valence-corrected chi connectivity index (χ2v) is 5.84. The molecule has 1 amide bonds. The number of nitrogens with one attached hydrogen (secondary N) is 1. The van der Waals surface area contributed by atoms with E-state index in [0.717, 1.165) is 0 Å². The van der Waals surface area contributed by atoms with Gasteiger partial charge in [0.2, 0.25) is 5.91 Å². The number of amides is 1. The third-order valence-electron chi connectivity index (χ3n) is 2.57. The Labute approximate surface area is 134 Å². The lowest BCUT2D eigenvalue weighted by Crippen LogP contribution is -2.15. The van der Waals surface area contributed by atoms with E-state index in [4.69, 9.17) is 23.2 Å². The number of hydrogen-bond donors (Lipinski definition) is 1. The minimum atomic E-state index is -0.505. The van der Waals surface area contributed by atoms with Crippen LogP contribution in [0.1, 0.15) is 5.56 Å². The van der Waals surface area contributed by atoms with Gasteiger partial charge >= 0.3 is 0 Å². The van der Waals surface area contributed by atoms with Crippen molar-refractivity contribution >= 4 is 50.7 Å². The molecule has 2 nitrogen and oxygen atoms in total. The molecule has 0 atom stereocenters. The average molecular weight is 377 g/mol. The van der Waals surface area contributed by atoms with Gasteiger partial charge in [0.05, 0.1) is 12.1 Å². The molecule has 1 N–H and O–H groups in total. The lowest BCUT2D eigenvalue weighted by atomic mass is 10.1. The second-order valence-electron chi connectivity index (χ2n) is 4.08. The van der Waals surface area contributed by atoms with Crippen LogP contribution in [0.5, 0.6) is 0 Å². The van der Waals surface area contributed by atoms with Crippen molar-refractivity contribution in [1.82, 2.24) is 0 Å². The molecule has 2 rings (SSSR count). The molecule has 104 valence electrons. The first-order valence-corrected chi connectivity index (χ1v) is 7.19. The molecule has 0 heterocycles. The van der Waals surface area contributed by atoms with Crippen molar-refractivity contribution in [2.75, 3.05) is 5.32 Å². The lowest BCUT2D eigenvalue weighted by molar-refractivity contribution is -0.115. The number of carbonyl (C=O) groups excluding carboxylic acids is 1. The fourth-order valence-corrected chi connectivity index (χ4v) is 2.43. The maximum atomic E-state index is 13.6. The Bertz CT molecular complexity index is 608. The molecule has 0 unspecified atom stereocenters. The van der Waals surface area contributed by atoms with Gasteiger partial charge in [-0.3, -0.25) is 4.79 Å². The van der Waals surface area contributed by atoms with Crippen molar-refractivity contribution in [3.63, 3.8) is 0 Å². The zero-order valence-corrected chi connectivity index (χ0v) is 13.2. The number of carbonyl (C=O) groups is 1. The number of benzene rings is 2. The van der Waals surface area contributed by atoms with E-state index in [0.29, 0.717) is 20.1 Å². The highest BCUT2D eigenvalue weighted by Gasteiger charge is 2.10. The zero-order chi connectivity index (χ0) is 14.7. The first kappa shape index (κ1) is 15.3. The van der Waals surface area contributed by atoms with Gasteiger partial charge in [-0.25, -0.2) is 4.39 Å². The molecule has 6 heteroatoms. The average Bonchev–Trinajstić information content (AvgIpc) is 2.36. The summed E-state index contributed by atoms with van der Waals surface area (Å²) in [5.74, 6) is -0.856. The summed E-state index contributed by atoms with van der Waals surface area (Å²) in [4.78, 5) is 11.9. The largest absolute Gasteiger partial charge is 0.323 e. The molecule has 0 bridgehead atoms. The summed E-state index contributed by atoms with van der Waals surface area (Å²) in [5, 5.41) is 3.41. The highest BCUT2D eigenvalue weighted by atomic mass is 79.9. The van der Waals surface area contributed by atoms with Crippen LogP contribution in [0.3, 0.4) is 0 Å². The Morgan fingerprint density at radius 1 is 1.20 bits per heavy atom. The first-order chi connectivity index (χ1) is 9.45. The Morgan fingerprint density at radius 3 is 2.60 bits per heavy atom. The summed E-state index contributed by atoms with van der Waals surface area (Å²) in [6.45, 7) is 0. The molecule has 0 aliphatic heterocycles. The first-order valence-electron chi connectivity index (χ1n) is 5.64. The quantitative estimate of drug-likeness (QED) is 0.795. The van der Waals surface area contributed by atoms with E-state index in [9.17, 15) is 9.18 Å². The van der Waals surface area contributed by atoms with Crippen molar-refractivity contribution < 1.29 is 9.18 Å². The van der Waals surface area contributed by atoms with Crippen LogP contribution < -0.4 is 5.32 Å². The zero-order valence-electron chi connectivity index (χ0n) is 10.1. The van der Waals surface area contributed by atoms with Crippen LogP contribution in [0.4, 0.5) is 10.1 Å². The maximum Gasteiger partial charge on any atom is 0.228 e. The van der Waals surface area contributed by atoms with Crippen LogP contribution in [0.15, 0.2) is 40.9 Å². The number of anilines is 1. The summed E-state index contributed by atoms with van der Waals surface area (Å²) < 4.78 is 14.2. The fourth-order valence-electron chi connectivity index (χ4n) is 1.62. The van der Waals surface area contributed by atoms with Crippen molar-refractivity contribution in [2.24, 2.45) is 0 Å². The van der Waals surface area contributed by atoms with Crippen LogP contribution in [0.2, 0.25) is 10.0 Å². The van der Waals surface area contributed by atoms with E-state index in [-0.39, 0.29) is 18.0 Å². The topological polar surface area (TPSA) is 29.1 Å². The van der Waals surface area contributed by atoms with Crippen LogP contribution in [0, 0.1) is 5.82 Å². The Morgan fingerprint density at radius 2 is 1.95 bits per heavy atom. The number of rotatable bonds is 3. The second kappa shape index (κ2) is 6.57. The van der Waals surface area contributed by atoms with Gasteiger partial charge in [-0.1, -0.05) is 45.2 Å². The maximum absolute atomic E-state index is 13.6. The molecule has 0 saturated heterocycles. The molecular weight excluding hydrogens is 368 g/mol. The highest BCUT2D eigenvalue weighted by molar-refractivity contribution is 9.10. The van der Waals surface area contributed by atoms with Gasteiger partial charge in [0, 0.05) is 14.5 Å². The molecule has 0 saturated carbocycles. The number of hydrogen-bond acceptors (Lipinski definition) is 1. The van der Waals surface area contributed by atoms with Crippen LogP contribution in [0.25, 0.3) is 0 Å². The third-order valence-corrected chi connectivity index (χ3v) is 3.65. The minimum absolute atomic E-state index is 0.0471. The molecule has 0 aliphatic carbocycles. The van der Waals surface area contributed by atoms with Gasteiger partial charge < -0.3 is 5.32 Å². The summed E-state index contributed by atoms with van der Waals surface area (Å²) in [7, 11) is 0. The molecule has 2 aromatic rings. The molecule has 0 spiro atoms. The van der Waals surface area contributed by atoms with Gasteiger partial charge in [-0.15, -0.1) is 0 Å². The SMILES string of the molecule is O=C(Cc1ccc(Cl)cc1Cl)Nc1ccc(Br)cc1F. The normalized spacial score (nSPS) is 10.4. The summed E-state index contributed by atoms with van der Waals surface area (Å²) >= 11 is 14.9. The molecular formula is C14H9BrCl2FNO. The van der Waals surface area contributed by atoms with Gasteiger partial charge in [0.1, 0.15) is 5.82 Å². The molecule has 20 heavy (non-hydrogen) atoms. The van der Waals surface area contributed by atoms with Gasteiger partial charge in [0.15, 0.2) is 0 Å². The van der Waals surface area contributed by atoms with Crippen LogP contribution in [-0.2, 0) is 11.2 Å². The predicted molar refractivity (Wildman–Crippen MR) is 82.9 cm³/mol. The summed E-state index contributed by atoms with van der Waals surface area (Å²) in [5.41, 5.74) is 0.759. The van der Waals surface area contributed by atoms with Gasteiger partial charge in [-0.2, -0.15) is 0 Å². The van der Waals surface area contributed by atoms with Crippen molar-refractivity contribution in [2.45, 2.75) is 6.42 Å². The molecule has 0 radical (unpaired) electrons. The van der Waals surface area contributed by atoms with Crippen LogP contribution >= 0.6 is 39.1 Å². The number of halogens is 4. The van der Waals surface area contributed by atoms with Crippen molar-refractivity contribution in [3.8, 4) is 0 Å². The molecule has 0 aromatic heterocycles. The summed E-state index contributed by atoms with van der Waals surface area (Å²) in [6, 6.07) is 9.30. The summed E-state index contributed by atoms with van der Waals surface area (Å²) in [6.07, 6.45) is 0.0471. The van der Waals surface area contributed by atoms with E-state index in [2.05, 4.69) is 21.2 Å². The monoisotopic (exact) mass is 375 g/mol. The highest BCUT2D eigenvalue weighted by Crippen LogP contribution is 2.23. The van der Waals surface area contributed by atoms with Crippen molar-refractivity contribution in [3.05, 3.63) is 62.3 Å².